The van der Waals surface area contributed by atoms with Gasteiger partial charge in [-0.2, -0.15) is 0 Å². The SMILES string of the molecule is CCOC(=O)c1ccc(NC(=O)CSc2cccc(NC(=O)/C(=C\c3cccc(Br)c3)NC(=O)c3ccccc3)c2)cc1. The zero-order valence-corrected chi connectivity index (χ0v) is 25.5. The van der Waals surface area contributed by atoms with Crippen molar-refractivity contribution in [3.63, 3.8) is 0 Å². The fraction of sp³-hybridized carbons (Fsp3) is 0.0909. The smallest absolute Gasteiger partial charge is 0.338 e. The van der Waals surface area contributed by atoms with Gasteiger partial charge in [0.1, 0.15) is 5.70 Å². The summed E-state index contributed by atoms with van der Waals surface area (Å²) in [6.45, 7) is 2.02. The van der Waals surface area contributed by atoms with E-state index < -0.39 is 17.8 Å². The molecule has 3 amide bonds. The van der Waals surface area contributed by atoms with Crippen LogP contribution < -0.4 is 16.0 Å². The van der Waals surface area contributed by atoms with E-state index in [1.54, 1.807) is 85.8 Å². The maximum atomic E-state index is 13.3. The summed E-state index contributed by atoms with van der Waals surface area (Å²) < 4.78 is 5.80. The Morgan fingerprint density at radius 3 is 2.26 bits per heavy atom. The number of ether oxygens (including phenoxy) is 1. The molecule has 0 bridgehead atoms. The van der Waals surface area contributed by atoms with E-state index in [-0.39, 0.29) is 24.0 Å². The maximum Gasteiger partial charge on any atom is 0.338 e. The highest BCUT2D eigenvalue weighted by atomic mass is 79.9. The third-order valence-electron chi connectivity index (χ3n) is 5.83. The van der Waals surface area contributed by atoms with Crippen LogP contribution in [0.15, 0.2) is 118 Å². The Morgan fingerprint density at radius 2 is 1.53 bits per heavy atom. The van der Waals surface area contributed by atoms with Gasteiger partial charge in [0.25, 0.3) is 11.8 Å². The summed E-state index contributed by atoms with van der Waals surface area (Å²) in [6, 6.07) is 29.5. The summed E-state index contributed by atoms with van der Waals surface area (Å²) in [6.07, 6.45) is 1.60. The van der Waals surface area contributed by atoms with Crippen LogP contribution in [-0.4, -0.2) is 36.1 Å². The molecule has 0 fully saturated rings. The van der Waals surface area contributed by atoms with Crippen LogP contribution in [-0.2, 0) is 14.3 Å². The van der Waals surface area contributed by atoms with Crippen LogP contribution in [0, 0.1) is 0 Å². The predicted molar refractivity (Wildman–Crippen MR) is 173 cm³/mol. The largest absolute Gasteiger partial charge is 0.462 e. The van der Waals surface area contributed by atoms with Gasteiger partial charge < -0.3 is 20.7 Å². The Balaban J connectivity index is 1.40. The molecule has 43 heavy (non-hydrogen) atoms. The van der Waals surface area contributed by atoms with Crippen molar-refractivity contribution in [1.29, 1.82) is 0 Å². The van der Waals surface area contributed by atoms with Gasteiger partial charge in [-0.1, -0.05) is 52.3 Å². The number of hydrogen-bond donors (Lipinski definition) is 3. The van der Waals surface area contributed by atoms with Crippen LogP contribution in [0.5, 0.6) is 0 Å². The fourth-order valence-electron chi connectivity index (χ4n) is 3.82. The van der Waals surface area contributed by atoms with Crippen LogP contribution in [0.25, 0.3) is 6.08 Å². The molecule has 0 unspecified atom stereocenters. The van der Waals surface area contributed by atoms with Gasteiger partial charge in [0, 0.05) is 26.3 Å². The summed E-state index contributed by atoms with van der Waals surface area (Å²) in [7, 11) is 0. The average Bonchev–Trinajstić information content (AvgIpc) is 3.01. The molecule has 0 saturated heterocycles. The molecule has 4 rings (SSSR count). The third kappa shape index (κ3) is 9.69. The molecule has 0 aromatic heterocycles. The van der Waals surface area contributed by atoms with Gasteiger partial charge in [0.2, 0.25) is 5.91 Å². The first-order valence-electron chi connectivity index (χ1n) is 13.3. The van der Waals surface area contributed by atoms with Crippen molar-refractivity contribution >= 4 is 68.8 Å². The number of esters is 1. The number of carbonyl (C=O) groups is 4. The highest BCUT2D eigenvalue weighted by molar-refractivity contribution is 9.10. The summed E-state index contributed by atoms with van der Waals surface area (Å²) in [5.74, 6) is -1.44. The summed E-state index contributed by atoms with van der Waals surface area (Å²) in [5.41, 5.74) is 2.67. The molecule has 4 aromatic carbocycles. The zero-order valence-electron chi connectivity index (χ0n) is 23.1. The Bertz CT molecular complexity index is 1640. The Labute approximate surface area is 262 Å². The molecule has 0 saturated carbocycles. The van der Waals surface area contributed by atoms with Gasteiger partial charge in [0.15, 0.2) is 0 Å². The van der Waals surface area contributed by atoms with Crippen molar-refractivity contribution in [2.75, 3.05) is 23.0 Å². The fourth-order valence-corrected chi connectivity index (χ4v) is 4.99. The second-order valence-electron chi connectivity index (χ2n) is 9.05. The number of nitrogens with one attached hydrogen (secondary N) is 3. The van der Waals surface area contributed by atoms with Gasteiger partial charge in [-0.25, -0.2) is 4.79 Å². The van der Waals surface area contributed by atoms with Crippen molar-refractivity contribution in [1.82, 2.24) is 5.32 Å². The number of hydrogen-bond acceptors (Lipinski definition) is 6. The van der Waals surface area contributed by atoms with Crippen molar-refractivity contribution in [2.45, 2.75) is 11.8 Å². The quantitative estimate of drug-likeness (QED) is 0.0932. The Hall–Kier alpha value is -4.67. The molecule has 218 valence electrons. The first-order chi connectivity index (χ1) is 20.8. The predicted octanol–water partition coefficient (Wildman–Crippen LogP) is 6.77. The number of halogens is 1. The minimum absolute atomic E-state index is 0.0679. The molecule has 0 aliphatic carbocycles. The van der Waals surface area contributed by atoms with Crippen molar-refractivity contribution in [3.8, 4) is 0 Å². The number of anilines is 2. The van der Waals surface area contributed by atoms with Crippen molar-refractivity contribution in [2.24, 2.45) is 0 Å². The van der Waals surface area contributed by atoms with E-state index in [1.165, 1.54) is 11.8 Å². The second kappa shape index (κ2) is 15.5. The molecular weight excluding hydrogens is 630 g/mol. The minimum atomic E-state index is -0.504. The van der Waals surface area contributed by atoms with E-state index in [1.807, 2.05) is 30.3 Å². The van der Waals surface area contributed by atoms with E-state index in [4.69, 9.17) is 4.74 Å². The number of carbonyl (C=O) groups excluding carboxylic acids is 4. The summed E-state index contributed by atoms with van der Waals surface area (Å²) in [5, 5.41) is 8.36. The first kappa shape index (κ1) is 31.3. The van der Waals surface area contributed by atoms with E-state index in [9.17, 15) is 19.2 Å². The van der Waals surface area contributed by atoms with E-state index >= 15 is 0 Å². The molecule has 4 aromatic rings. The molecule has 3 N–H and O–H groups in total. The molecule has 8 nitrogen and oxygen atoms in total. The van der Waals surface area contributed by atoms with Gasteiger partial charge in [0.05, 0.1) is 17.9 Å². The topological polar surface area (TPSA) is 114 Å². The number of rotatable bonds is 11. The van der Waals surface area contributed by atoms with Gasteiger partial charge in [-0.05, 0) is 85.3 Å². The van der Waals surface area contributed by atoms with Crippen LogP contribution in [0.3, 0.4) is 0 Å². The molecule has 0 heterocycles. The van der Waals surface area contributed by atoms with E-state index in [0.717, 1.165) is 14.9 Å². The minimum Gasteiger partial charge on any atom is -0.462 e. The highest BCUT2D eigenvalue weighted by Gasteiger charge is 2.16. The lowest BCUT2D eigenvalue weighted by molar-refractivity contribution is -0.114. The molecule has 0 radical (unpaired) electrons. The molecule has 0 aliphatic heterocycles. The molecule has 0 aliphatic rings. The molecular formula is C33H28BrN3O5S. The lowest BCUT2D eigenvalue weighted by Crippen LogP contribution is -2.30. The third-order valence-corrected chi connectivity index (χ3v) is 7.32. The number of amides is 3. The lowest BCUT2D eigenvalue weighted by atomic mass is 10.1. The van der Waals surface area contributed by atoms with Gasteiger partial charge in [-0.3, -0.25) is 14.4 Å². The lowest BCUT2D eigenvalue weighted by Gasteiger charge is -2.12. The summed E-state index contributed by atoms with van der Waals surface area (Å²) >= 11 is 4.73. The van der Waals surface area contributed by atoms with Crippen LogP contribution in [0.4, 0.5) is 11.4 Å². The molecule has 0 spiro atoms. The number of benzene rings is 4. The molecule has 0 atom stereocenters. The van der Waals surface area contributed by atoms with E-state index in [0.29, 0.717) is 22.5 Å². The zero-order chi connectivity index (χ0) is 30.6. The van der Waals surface area contributed by atoms with Crippen LogP contribution in [0.1, 0.15) is 33.2 Å². The van der Waals surface area contributed by atoms with Crippen molar-refractivity contribution in [3.05, 3.63) is 130 Å². The summed E-state index contributed by atoms with van der Waals surface area (Å²) in [4.78, 5) is 51.3. The normalized spacial score (nSPS) is 10.9. The first-order valence-corrected chi connectivity index (χ1v) is 15.0. The molecule has 10 heteroatoms. The van der Waals surface area contributed by atoms with Crippen LogP contribution >= 0.6 is 27.7 Å². The monoisotopic (exact) mass is 657 g/mol. The second-order valence-corrected chi connectivity index (χ2v) is 11.0. The highest BCUT2D eigenvalue weighted by Crippen LogP contribution is 2.23. The van der Waals surface area contributed by atoms with Gasteiger partial charge >= 0.3 is 5.97 Å². The standard InChI is InChI=1S/C33H28BrN3O5S/c1-2-42-33(41)24-14-16-26(17-15-24)35-30(38)21-43-28-13-7-12-27(20-28)36-32(40)29(19-22-8-6-11-25(34)18-22)37-31(39)23-9-4-3-5-10-23/h3-20H,2,21H2,1H3,(H,35,38)(H,36,40)(H,37,39)/b29-19+. The van der Waals surface area contributed by atoms with Crippen molar-refractivity contribution < 1.29 is 23.9 Å². The maximum absolute atomic E-state index is 13.3. The van der Waals surface area contributed by atoms with E-state index in [2.05, 4.69) is 31.9 Å². The van der Waals surface area contributed by atoms with Gasteiger partial charge in [-0.15, -0.1) is 11.8 Å². The van der Waals surface area contributed by atoms with Crippen LogP contribution in [0.2, 0.25) is 0 Å². The Morgan fingerprint density at radius 1 is 0.791 bits per heavy atom. The number of thioether (sulfide) groups is 1. The average molecular weight is 659 g/mol. The Kier molecular flexibility index (Phi) is 11.3.